The number of benzene rings is 2. The molecule has 1 fully saturated rings. The third-order valence-corrected chi connectivity index (χ3v) is 11.3. The number of hydrogen-bond donors (Lipinski definition) is 2. The van der Waals surface area contributed by atoms with Crippen molar-refractivity contribution in [2.24, 2.45) is 11.8 Å². The van der Waals surface area contributed by atoms with E-state index < -0.39 is 44.0 Å². The fourth-order valence-corrected chi connectivity index (χ4v) is 8.46. The largest absolute Gasteiger partial charge is 0.497 e. The van der Waals surface area contributed by atoms with Crippen molar-refractivity contribution in [3.63, 3.8) is 0 Å². The van der Waals surface area contributed by atoms with Crippen molar-refractivity contribution < 1.29 is 31.5 Å². The molecule has 10 nitrogen and oxygen atoms in total. The quantitative estimate of drug-likeness (QED) is 0.312. The molecule has 12 heteroatoms. The Bertz CT molecular complexity index is 1350. The van der Waals surface area contributed by atoms with Crippen LogP contribution < -0.4 is 10.1 Å². The van der Waals surface area contributed by atoms with E-state index in [9.17, 15) is 26.7 Å². The Morgan fingerprint density at radius 3 is 2.14 bits per heavy atom. The smallest absolute Gasteiger partial charge is 0.243 e. The second-order valence-electron chi connectivity index (χ2n) is 11.4. The van der Waals surface area contributed by atoms with Crippen LogP contribution in [0.15, 0.2) is 59.5 Å². The minimum absolute atomic E-state index is 0.0348. The van der Waals surface area contributed by atoms with Gasteiger partial charge in [-0.25, -0.2) is 21.1 Å². The van der Waals surface area contributed by atoms with Crippen LogP contribution in [-0.4, -0.2) is 87.6 Å². The number of carbonyl (C=O) groups is 1. The molecule has 0 radical (unpaired) electrons. The van der Waals surface area contributed by atoms with Gasteiger partial charge < -0.3 is 15.2 Å². The van der Waals surface area contributed by atoms with E-state index in [1.807, 2.05) is 44.2 Å². The van der Waals surface area contributed by atoms with Crippen molar-refractivity contribution in [2.45, 2.75) is 63.5 Å². The summed E-state index contributed by atoms with van der Waals surface area (Å²) in [4.78, 5) is 13.4. The van der Waals surface area contributed by atoms with Gasteiger partial charge in [-0.1, -0.05) is 57.5 Å². The molecule has 1 saturated heterocycles. The van der Waals surface area contributed by atoms with Crippen LogP contribution in [0.1, 0.15) is 45.6 Å². The molecule has 2 aromatic carbocycles. The molecule has 2 aromatic rings. The van der Waals surface area contributed by atoms with Crippen molar-refractivity contribution in [1.29, 1.82) is 0 Å². The molecule has 42 heavy (non-hydrogen) atoms. The van der Waals surface area contributed by atoms with Gasteiger partial charge in [-0.2, -0.15) is 4.31 Å². The standard InChI is InChI=1S/C30H45N3O7S2/c1-23(2)20-33(42(38,39)27-15-13-26(40-4)14-16-27)21-29(34)28(19-25-11-7-5-8-12-25)31-30(35)24(3)22-41(36,37)32-17-9-6-10-18-32/h5,7-8,11-16,23-24,28-29,34H,6,9-10,17-22H2,1-4H3,(H,31,35). The summed E-state index contributed by atoms with van der Waals surface area (Å²) in [6.45, 7) is 6.14. The van der Waals surface area contributed by atoms with Gasteiger partial charge in [0, 0.05) is 26.2 Å². The highest BCUT2D eigenvalue weighted by Crippen LogP contribution is 2.22. The van der Waals surface area contributed by atoms with Crippen LogP contribution >= 0.6 is 0 Å². The number of nitrogens with zero attached hydrogens (tertiary/aromatic N) is 2. The zero-order valence-electron chi connectivity index (χ0n) is 25.0. The lowest BCUT2D eigenvalue weighted by molar-refractivity contribution is -0.125. The van der Waals surface area contributed by atoms with Crippen LogP contribution in [0.5, 0.6) is 5.75 Å². The number of nitrogens with one attached hydrogen (secondary N) is 1. The van der Waals surface area contributed by atoms with Crippen molar-refractivity contribution in [3.05, 3.63) is 60.2 Å². The first-order valence-corrected chi connectivity index (χ1v) is 17.5. The molecule has 0 aromatic heterocycles. The number of methoxy groups -OCH3 is 1. The van der Waals surface area contributed by atoms with Gasteiger partial charge in [0.25, 0.3) is 0 Å². The van der Waals surface area contributed by atoms with Gasteiger partial charge in [0.1, 0.15) is 5.75 Å². The Kier molecular flexibility index (Phi) is 12.4. The number of hydrogen-bond acceptors (Lipinski definition) is 7. The SMILES string of the molecule is COc1ccc(S(=O)(=O)N(CC(C)C)CC(O)C(Cc2ccccc2)NC(=O)C(C)CS(=O)(=O)N2CCCCC2)cc1. The molecule has 0 saturated carbocycles. The van der Waals surface area contributed by atoms with E-state index >= 15 is 0 Å². The normalized spacial score (nSPS) is 17.1. The Hall–Kier alpha value is -2.51. The van der Waals surface area contributed by atoms with Gasteiger partial charge in [-0.15, -0.1) is 0 Å². The van der Waals surface area contributed by atoms with E-state index in [1.54, 1.807) is 19.1 Å². The zero-order valence-corrected chi connectivity index (χ0v) is 26.6. The molecule has 1 aliphatic rings. The van der Waals surface area contributed by atoms with Crippen LogP contribution in [0.2, 0.25) is 0 Å². The molecule has 2 N–H and O–H groups in total. The fourth-order valence-electron chi connectivity index (χ4n) is 5.03. The second kappa shape index (κ2) is 15.3. The van der Waals surface area contributed by atoms with E-state index in [0.29, 0.717) is 18.8 Å². The molecule has 0 aliphatic carbocycles. The summed E-state index contributed by atoms with van der Waals surface area (Å²) in [7, 11) is -6.10. The van der Waals surface area contributed by atoms with Crippen LogP contribution in [0, 0.1) is 11.8 Å². The lowest BCUT2D eigenvalue weighted by Crippen LogP contribution is -2.52. The Balaban J connectivity index is 1.81. The molecule has 0 bridgehead atoms. The maximum atomic E-state index is 13.6. The Morgan fingerprint density at radius 1 is 0.952 bits per heavy atom. The summed E-state index contributed by atoms with van der Waals surface area (Å²) < 4.78 is 61.0. The molecule has 1 aliphatic heterocycles. The molecule has 3 atom stereocenters. The van der Waals surface area contributed by atoms with Gasteiger partial charge in [-0.05, 0) is 55.0 Å². The zero-order chi connectivity index (χ0) is 30.9. The highest BCUT2D eigenvalue weighted by Gasteiger charge is 2.33. The number of aliphatic hydroxyl groups excluding tert-OH is 1. The molecular weight excluding hydrogens is 578 g/mol. The topological polar surface area (TPSA) is 133 Å². The summed E-state index contributed by atoms with van der Waals surface area (Å²) >= 11 is 0. The Morgan fingerprint density at radius 2 is 1.57 bits per heavy atom. The van der Waals surface area contributed by atoms with Crippen molar-refractivity contribution in [2.75, 3.05) is 39.0 Å². The number of piperidine rings is 1. The molecule has 234 valence electrons. The van der Waals surface area contributed by atoms with E-state index in [-0.39, 0.29) is 36.1 Å². The first kappa shape index (κ1) is 34.0. The Labute approximate surface area is 251 Å². The lowest BCUT2D eigenvalue weighted by Gasteiger charge is -2.31. The fraction of sp³-hybridized carbons (Fsp3) is 0.567. The highest BCUT2D eigenvalue weighted by molar-refractivity contribution is 7.89. The van der Waals surface area contributed by atoms with E-state index in [4.69, 9.17) is 4.74 Å². The van der Waals surface area contributed by atoms with Gasteiger partial charge >= 0.3 is 0 Å². The first-order valence-electron chi connectivity index (χ1n) is 14.5. The number of rotatable bonds is 15. The number of aliphatic hydroxyl groups is 1. The van der Waals surface area contributed by atoms with Crippen molar-refractivity contribution in [1.82, 2.24) is 13.9 Å². The maximum Gasteiger partial charge on any atom is 0.243 e. The molecule has 1 amide bonds. The number of ether oxygens (including phenoxy) is 1. The predicted molar refractivity (Wildman–Crippen MR) is 163 cm³/mol. The van der Waals surface area contributed by atoms with Gasteiger partial charge in [0.05, 0.1) is 35.8 Å². The van der Waals surface area contributed by atoms with Gasteiger partial charge in [0.15, 0.2) is 0 Å². The number of sulfonamides is 2. The highest BCUT2D eigenvalue weighted by atomic mass is 32.2. The molecule has 1 heterocycles. The molecular formula is C30H45N3O7S2. The summed E-state index contributed by atoms with van der Waals surface area (Å²) in [6, 6.07) is 14.4. The van der Waals surface area contributed by atoms with Crippen molar-refractivity contribution >= 4 is 26.0 Å². The minimum Gasteiger partial charge on any atom is -0.497 e. The predicted octanol–water partition coefficient (Wildman–Crippen LogP) is 2.88. The summed E-state index contributed by atoms with van der Waals surface area (Å²) in [6.07, 6.45) is 1.56. The van der Waals surface area contributed by atoms with E-state index in [1.165, 1.54) is 27.9 Å². The van der Waals surface area contributed by atoms with Crippen LogP contribution in [-0.2, 0) is 31.3 Å². The lowest BCUT2D eigenvalue weighted by atomic mass is 10.00. The maximum absolute atomic E-state index is 13.6. The van der Waals surface area contributed by atoms with Crippen molar-refractivity contribution in [3.8, 4) is 5.75 Å². The first-order chi connectivity index (χ1) is 19.8. The average Bonchev–Trinajstić information content (AvgIpc) is 2.97. The summed E-state index contributed by atoms with van der Waals surface area (Å²) in [5.41, 5.74) is 0.837. The van der Waals surface area contributed by atoms with Crippen LogP contribution in [0.3, 0.4) is 0 Å². The van der Waals surface area contributed by atoms with Gasteiger partial charge in [-0.3, -0.25) is 4.79 Å². The summed E-state index contributed by atoms with van der Waals surface area (Å²) in [5, 5.41) is 14.3. The van der Waals surface area contributed by atoms with Gasteiger partial charge in [0.2, 0.25) is 26.0 Å². The monoisotopic (exact) mass is 623 g/mol. The third-order valence-electron chi connectivity index (χ3n) is 7.36. The molecule has 0 spiro atoms. The van der Waals surface area contributed by atoms with Crippen LogP contribution in [0.4, 0.5) is 0 Å². The van der Waals surface area contributed by atoms with Crippen LogP contribution in [0.25, 0.3) is 0 Å². The molecule has 3 rings (SSSR count). The average molecular weight is 624 g/mol. The minimum atomic E-state index is -3.98. The van der Waals surface area contributed by atoms with E-state index in [0.717, 1.165) is 24.8 Å². The number of amides is 1. The second-order valence-corrected chi connectivity index (χ2v) is 15.4. The summed E-state index contributed by atoms with van der Waals surface area (Å²) in [5.74, 6) is -1.22. The molecule has 3 unspecified atom stereocenters. The number of carbonyl (C=O) groups excluding carboxylic acids is 1. The third kappa shape index (κ3) is 9.50. The van der Waals surface area contributed by atoms with E-state index in [2.05, 4.69) is 5.32 Å².